The van der Waals surface area contributed by atoms with Crippen LogP contribution in [0.15, 0.2) is 51.0 Å². The van der Waals surface area contributed by atoms with E-state index in [1.165, 1.54) is 38.4 Å². The number of amidine groups is 1. The number of sulfone groups is 1. The van der Waals surface area contributed by atoms with Gasteiger partial charge in [-0.15, -0.1) is 0 Å². The maximum absolute atomic E-state index is 13.3. The van der Waals surface area contributed by atoms with Crippen LogP contribution in [0.4, 0.5) is 13.2 Å². The number of nitrogens with one attached hydrogen (secondary N) is 2. The van der Waals surface area contributed by atoms with Crippen molar-refractivity contribution >= 4 is 15.7 Å². The molecule has 2 aliphatic heterocycles. The Morgan fingerprint density at radius 3 is 2.57 bits per heavy atom. The first-order valence-corrected chi connectivity index (χ1v) is 10.0. The van der Waals surface area contributed by atoms with Gasteiger partial charge in [0.2, 0.25) is 0 Å². The second-order valence-electron chi connectivity index (χ2n) is 6.45. The Morgan fingerprint density at radius 2 is 2.04 bits per heavy atom. The van der Waals surface area contributed by atoms with Crippen LogP contribution in [-0.2, 0) is 15.5 Å². The van der Waals surface area contributed by atoms with E-state index in [0.717, 1.165) is 6.26 Å². The number of alkyl halides is 3. The maximum atomic E-state index is 13.3. The first-order chi connectivity index (χ1) is 12.9. The highest BCUT2D eigenvalue weighted by atomic mass is 32.2. The standard InChI is InChI=1S/C17H19F3N4O3S/c1-22-12-7-16(21,24-15-14(12)11(8-23-15)17(18,19)20)10-5-4-9(28(3,25)26)6-13(10)27-2/h4-7,22H,8,21H2,1-3H3,(H,23,24). The van der Waals surface area contributed by atoms with E-state index in [0.29, 0.717) is 5.56 Å². The topological polar surface area (TPSA) is 106 Å². The summed E-state index contributed by atoms with van der Waals surface area (Å²) in [5, 5.41) is 5.57. The van der Waals surface area contributed by atoms with Crippen molar-refractivity contribution in [2.45, 2.75) is 16.7 Å². The SMILES string of the molecule is CNC1=CC(N)(c2ccc(S(C)(=O)=O)cc2OC)NC2=NCC(C(F)(F)F)=C12. The van der Waals surface area contributed by atoms with Gasteiger partial charge in [0, 0.05) is 30.1 Å². The smallest absolute Gasteiger partial charge is 0.415 e. The van der Waals surface area contributed by atoms with Gasteiger partial charge in [0.1, 0.15) is 17.2 Å². The van der Waals surface area contributed by atoms with Crippen LogP contribution in [0.3, 0.4) is 0 Å². The Bertz CT molecular complexity index is 1030. The lowest BCUT2D eigenvalue weighted by molar-refractivity contribution is -0.0922. The highest BCUT2D eigenvalue weighted by molar-refractivity contribution is 7.90. The van der Waals surface area contributed by atoms with E-state index in [2.05, 4.69) is 15.6 Å². The number of hydrogen-bond donors (Lipinski definition) is 3. The number of fused-ring (bicyclic) bond motifs is 1. The monoisotopic (exact) mass is 416 g/mol. The molecule has 1 aromatic rings. The summed E-state index contributed by atoms with van der Waals surface area (Å²) in [7, 11) is -0.649. The second kappa shape index (κ2) is 6.52. The molecule has 0 aromatic heterocycles. The van der Waals surface area contributed by atoms with E-state index in [4.69, 9.17) is 10.5 Å². The molecule has 2 heterocycles. The van der Waals surface area contributed by atoms with Gasteiger partial charge in [-0.05, 0) is 24.3 Å². The van der Waals surface area contributed by atoms with Crippen molar-refractivity contribution in [2.24, 2.45) is 10.7 Å². The summed E-state index contributed by atoms with van der Waals surface area (Å²) in [6.07, 6.45) is -2.07. The lowest BCUT2D eigenvalue weighted by atomic mass is 9.90. The first kappa shape index (κ1) is 20.2. The molecule has 2 aliphatic rings. The number of hydrogen-bond acceptors (Lipinski definition) is 7. The van der Waals surface area contributed by atoms with Gasteiger partial charge in [0.05, 0.1) is 24.1 Å². The summed E-state index contributed by atoms with van der Waals surface area (Å²) in [4.78, 5) is 3.98. The van der Waals surface area contributed by atoms with E-state index in [9.17, 15) is 21.6 Å². The van der Waals surface area contributed by atoms with Crippen LogP contribution in [0.2, 0.25) is 0 Å². The molecule has 1 atom stereocenters. The number of nitrogens with zero attached hydrogens (tertiary/aromatic N) is 1. The summed E-state index contributed by atoms with van der Waals surface area (Å²) in [5.41, 5.74) is 4.64. The predicted molar refractivity (Wildman–Crippen MR) is 97.6 cm³/mol. The molecular formula is C17H19F3N4O3S. The van der Waals surface area contributed by atoms with Crippen LogP contribution in [0.25, 0.3) is 0 Å². The fourth-order valence-corrected chi connectivity index (χ4v) is 3.84. The number of aliphatic imine (C=N–C) groups is 1. The van der Waals surface area contributed by atoms with Gasteiger partial charge in [0.25, 0.3) is 0 Å². The lowest BCUT2D eigenvalue weighted by Crippen LogP contribution is -2.55. The minimum atomic E-state index is -4.53. The Hall–Kier alpha value is -2.53. The molecule has 0 aliphatic carbocycles. The molecule has 0 fully saturated rings. The van der Waals surface area contributed by atoms with Gasteiger partial charge in [-0.2, -0.15) is 13.2 Å². The van der Waals surface area contributed by atoms with Crippen molar-refractivity contribution in [2.75, 3.05) is 27.0 Å². The van der Waals surface area contributed by atoms with Gasteiger partial charge in [0.15, 0.2) is 9.84 Å². The molecule has 11 heteroatoms. The summed E-state index contributed by atoms with van der Waals surface area (Å²) in [5.74, 6) is 0.183. The summed E-state index contributed by atoms with van der Waals surface area (Å²) in [6, 6.07) is 4.14. The largest absolute Gasteiger partial charge is 0.496 e. The van der Waals surface area contributed by atoms with E-state index in [1.807, 2.05) is 0 Å². The highest BCUT2D eigenvalue weighted by Crippen LogP contribution is 2.39. The zero-order chi connectivity index (χ0) is 20.9. The minimum absolute atomic E-state index is 0.0101. The number of ether oxygens (including phenoxy) is 1. The molecule has 1 unspecified atom stereocenters. The Balaban J connectivity index is 2.17. The zero-order valence-electron chi connectivity index (χ0n) is 15.3. The molecule has 0 saturated carbocycles. The fraction of sp³-hybridized carbons (Fsp3) is 0.353. The van der Waals surface area contributed by atoms with Gasteiger partial charge in [-0.1, -0.05) is 0 Å². The third-order valence-electron chi connectivity index (χ3n) is 4.56. The van der Waals surface area contributed by atoms with Crippen LogP contribution in [-0.4, -0.2) is 47.4 Å². The highest BCUT2D eigenvalue weighted by Gasteiger charge is 2.45. The van der Waals surface area contributed by atoms with Crippen molar-refractivity contribution < 1.29 is 26.3 Å². The number of benzene rings is 1. The van der Waals surface area contributed by atoms with Crippen molar-refractivity contribution in [3.05, 3.63) is 46.7 Å². The van der Waals surface area contributed by atoms with Crippen LogP contribution in [0, 0.1) is 0 Å². The lowest BCUT2D eigenvalue weighted by Gasteiger charge is -2.36. The zero-order valence-corrected chi connectivity index (χ0v) is 16.1. The summed E-state index contributed by atoms with van der Waals surface area (Å²) < 4.78 is 68.8. The van der Waals surface area contributed by atoms with E-state index in [1.54, 1.807) is 0 Å². The average Bonchev–Trinajstić information content (AvgIpc) is 3.03. The van der Waals surface area contributed by atoms with Crippen molar-refractivity contribution in [3.8, 4) is 5.75 Å². The molecule has 0 bridgehead atoms. The fourth-order valence-electron chi connectivity index (χ4n) is 3.20. The molecule has 28 heavy (non-hydrogen) atoms. The molecular weight excluding hydrogens is 397 g/mol. The van der Waals surface area contributed by atoms with E-state index in [-0.39, 0.29) is 27.8 Å². The summed E-state index contributed by atoms with van der Waals surface area (Å²) in [6.45, 7) is -0.513. The van der Waals surface area contributed by atoms with Crippen molar-refractivity contribution in [1.29, 1.82) is 0 Å². The third kappa shape index (κ3) is 3.35. The number of methoxy groups -OCH3 is 1. The molecule has 7 nitrogen and oxygen atoms in total. The number of halogens is 3. The van der Waals surface area contributed by atoms with Crippen molar-refractivity contribution in [1.82, 2.24) is 10.6 Å². The molecule has 0 saturated heterocycles. The Morgan fingerprint density at radius 1 is 1.36 bits per heavy atom. The van der Waals surface area contributed by atoms with Crippen LogP contribution < -0.4 is 21.1 Å². The normalized spacial score (nSPS) is 22.2. The molecule has 0 amide bonds. The van der Waals surface area contributed by atoms with Crippen molar-refractivity contribution in [3.63, 3.8) is 0 Å². The Kier molecular flexibility index (Phi) is 4.71. The van der Waals surface area contributed by atoms with Crippen LogP contribution in [0.1, 0.15) is 5.56 Å². The van der Waals surface area contributed by atoms with E-state index >= 15 is 0 Å². The maximum Gasteiger partial charge on any atom is 0.415 e. The third-order valence-corrected chi connectivity index (χ3v) is 5.67. The average molecular weight is 416 g/mol. The number of nitrogens with two attached hydrogens (primary N) is 1. The van der Waals surface area contributed by atoms with E-state index < -0.39 is 33.8 Å². The molecule has 152 valence electrons. The molecule has 3 rings (SSSR count). The number of likely N-dealkylation sites (N-methyl/N-ethyl adjacent to an activating group) is 1. The molecule has 0 spiro atoms. The van der Waals surface area contributed by atoms with Gasteiger partial charge < -0.3 is 21.1 Å². The van der Waals surface area contributed by atoms with Gasteiger partial charge in [-0.3, -0.25) is 4.99 Å². The van der Waals surface area contributed by atoms with Crippen LogP contribution in [0.5, 0.6) is 5.75 Å². The number of rotatable bonds is 4. The predicted octanol–water partition coefficient (Wildman–Crippen LogP) is 1.19. The molecule has 0 radical (unpaired) electrons. The quantitative estimate of drug-likeness (QED) is 0.681. The van der Waals surface area contributed by atoms with Crippen LogP contribution >= 0.6 is 0 Å². The molecule has 1 aromatic carbocycles. The first-order valence-electron chi connectivity index (χ1n) is 8.12. The summed E-state index contributed by atoms with van der Waals surface area (Å²) >= 11 is 0. The van der Waals surface area contributed by atoms with Gasteiger partial charge in [-0.25, -0.2) is 8.42 Å². The van der Waals surface area contributed by atoms with Gasteiger partial charge >= 0.3 is 6.18 Å². The molecule has 4 N–H and O–H groups in total. The minimum Gasteiger partial charge on any atom is -0.496 e. The second-order valence-corrected chi connectivity index (χ2v) is 8.47. The Labute approximate surface area is 160 Å².